The molecule has 38 heavy (non-hydrogen) atoms. The molecule has 3 aromatic rings. The van der Waals surface area contributed by atoms with E-state index in [9.17, 15) is 4.79 Å². The Morgan fingerprint density at radius 2 is 1.45 bits per heavy atom. The number of hydrogen-bond donors (Lipinski definition) is 0. The molecule has 6 heteroatoms. The maximum atomic E-state index is 13.1. The molecule has 0 aliphatic carbocycles. The van der Waals surface area contributed by atoms with Crippen LogP contribution in [0.2, 0.25) is 0 Å². The van der Waals surface area contributed by atoms with Crippen LogP contribution < -0.4 is 5.56 Å². The summed E-state index contributed by atoms with van der Waals surface area (Å²) in [6.45, 7) is 7.63. The van der Waals surface area contributed by atoms with Gasteiger partial charge >= 0.3 is 0 Å². The quantitative estimate of drug-likeness (QED) is 0.166. The molecule has 0 N–H and O–H groups in total. The van der Waals surface area contributed by atoms with Crippen molar-refractivity contribution in [3.05, 3.63) is 34.0 Å². The minimum Gasteiger partial charge on any atom is -0.430 e. The number of aromatic nitrogens is 3. The average molecular weight is 524 g/mol. The minimum absolute atomic E-state index is 0.108. The van der Waals surface area contributed by atoms with Crippen molar-refractivity contribution in [1.29, 1.82) is 0 Å². The van der Waals surface area contributed by atoms with Gasteiger partial charge in [0.15, 0.2) is 0 Å². The Kier molecular flexibility index (Phi) is 10.8. The zero-order valence-electron chi connectivity index (χ0n) is 24.2. The molecule has 0 amide bonds. The molecular formula is C32H49N3O3. The number of rotatable bonds is 17. The van der Waals surface area contributed by atoms with Crippen LogP contribution in [-0.2, 0) is 24.3 Å². The maximum absolute atomic E-state index is 13.1. The maximum Gasteiger partial charge on any atom is 0.297 e. The Morgan fingerprint density at radius 3 is 2.05 bits per heavy atom. The third-order valence-corrected chi connectivity index (χ3v) is 8.07. The van der Waals surface area contributed by atoms with Crippen molar-refractivity contribution in [2.75, 3.05) is 0 Å². The van der Waals surface area contributed by atoms with Crippen molar-refractivity contribution in [2.45, 2.75) is 149 Å². The first kappa shape index (κ1) is 28.8. The molecule has 0 radical (unpaired) electrons. The summed E-state index contributed by atoms with van der Waals surface area (Å²) in [7, 11) is 0. The van der Waals surface area contributed by atoms with Gasteiger partial charge in [0.2, 0.25) is 11.3 Å². The summed E-state index contributed by atoms with van der Waals surface area (Å²) in [4.78, 5) is 22.4. The zero-order valence-corrected chi connectivity index (χ0v) is 24.2. The molecule has 0 spiro atoms. The molecular weight excluding hydrogens is 474 g/mol. The van der Waals surface area contributed by atoms with Crippen LogP contribution in [0.1, 0.15) is 135 Å². The van der Waals surface area contributed by atoms with Gasteiger partial charge in [0, 0.05) is 18.5 Å². The van der Waals surface area contributed by atoms with Gasteiger partial charge in [0.1, 0.15) is 5.52 Å². The third-order valence-electron chi connectivity index (χ3n) is 8.07. The standard InChI is InChI=1S/C32H49N3O3/c1-4-5-6-7-8-9-10-11-12-13-14-15-16-17-18-19-20-35-24-33-28-26-21-25-23-37-32(2,3)22-27(25)34-30(26)38-29(28)31(35)36/h21,24H,4-20,22-23H2,1-3H3. The molecule has 0 bridgehead atoms. The fourth-order valence-corrected chi connectivity index (χ4v) is 5.67. The van der Waals surface area contributed by atoms with Gasteiger partial charge in [-0.05, 0) is 26.3 Å². The van der Waals surface area contributed by atoms with Crippen LogP contribution in [0.4, 0.5) is 0 Å². The number of nitrogens with zero attached hydrogens (tertiary/aromatic N) is 3. The van der Waals surface area contributed by atoms with E-state index >= 15 is 0 Å². The summed E-state index contributed by atoms with van der Waals surface area (Å²) in [6, 6.07) is 2.03. The fourth-order valence-electron chi connectivity index (χ4n) is 5.67. The van der Waals surface area contributed by atoms with E-state index in [0.717, 1.165) is 35.9 Å². The molecule has 0 aromatic carbocycles. The highest BCUT2D eigenvalue weighted by atomic mass is 16.5. The summed E-state index contributed by atoms with van der Waals surface area (Å²) >= 11 is 0. The molecule has 0 atom stereocenters. The fraction of sp³-hybridized carbons (Fsp3) is 0.719. The Balaban J connectivity index is 1.13. The third kappa shape index (κ3) is 7.91. The van der Waals surface area contributed by atoms with Crippen LogP contribution in [0.5, 0.6) is 0 Å². The van der Waals surface area contributed by atoms with Crippen LogP contribution in [0.25, 0.3) is 22.2 Å². The summed E-state index contributed by atoms with van der Waals surface area (Å²) in [6.07, 6.45) is 23.9. The first-order valence-electron chi connectivity index (χ1n) is 15.4. The molecule has 3 aromatic heterocycles. The SMILES string of the molecule is CCCCCCCCCCCCCCCCCCn1cnc2c(oc3nc4c(cc32)COC(C)(C)C4)c1=O. The molecule has 1 aliphatic heterocycles. The number of pyridine rings is 1. The van der Waals surface area contributed by atoms with Crippen LogP contribution in [-0.4, -0.2) is 20.1 Å². The van der Waals surface area contributed by atoms with Crippen LogP contribution in [0, 0.1) is 0 Å². The second-order valence-corrected chi connectivity index (χ2v) is 12.0. The summed E-state index contributed by atoms with van der Waals surface area (Å²) in [5.74, 6) is 0. The Hall–Kier alpha value is -2.21. The monoisotopic (exact) mass is 523 g/mol. The lowest BCUT2D eigenvalue weighted by atomic mass is 9.95. The smallest absolute Gasteiger partial charge is 0.297 e. The molecule has 0 saturated carbocycles. The summed E-state index contributed by atoms with van der Waals surface area (Å²) in [5.41, 5.74) is 3.12. The Morgan fingerprint density at radius 1 is 0.868 bits per heavy atom. The van der Waals surface area contributed by atoms with E-state index in [2.05, 4.69) is 25.8 Å². The highest BCUT2D eigenvalue weighted by molar-refractivity contribution is 6.00. The highest BCUT2D eigenvalue weighted by Gasteiger charge is 2.28. The van der Waals surface area contributed by atoms with Crippen molar-refractivity contribution in [1.82, 2.24) is 14.5 Å². The van der Waals surface area contributed by atoms with Gasteiger partial charge in [-0.2, -0.15) is 0 Å². The lowest BCUT2D eigenvalue weighted by Crippen LogP contribution is -2.32. The van der Waals surface area contributed by atoms with Gasteiger partial charge in [-0.15, -0.1) is 0 Å². The first-order valence-corrected chi connectivity index (χ1v) is 15.4. The molecule has 0 fully saturated rings. The van der Waals surface area contributed by atoms with E-state index in [1.54, 1.807) is 10.9 Å². The zero-order chi connectivity index (χ0) is 26.8. The Bertz CT molecular complexity index is 1210. The molecule has 0 saturated heterocycles. The predicted octanol–water partition coefficient (Wildman–Crippen LogP) is 8.65. The van der Waals surface area contributed by atoms with E-state index in [0.29, 0.717) is 30.0 Å². The highest BCUT2D eigenvalue weighted by Crippen LogP contribution is 2.31. The van der Waals surface area contributed by atoms with E-state index in [1.807, 2.05) is 6.07 Å². The normalized spacial score (nSPS) is 14.9. The predicted molar refractivity (Wildman–Crippen MR) is 156 cm³/mol. The van der Waals surface area contributed by atoms with Crippen LogP contribution >= 0.6 is 0 Å². The molecule has 1 aliphatic rings. The van der Waals surface area contributed by atoms with E-state index in [1.165, 1.54) is 89.9 Å². The second kappa shape index (κ2) is 14.3. The average Bonchev–Trinajstić information content (AvgIpc) is 3.26. The van der Waals surface area contributed by atoms with Gasteiger partial charge in [0.05, 0.1) is 29.6 Å². The molecule has 4 heterocycles. The minimum atomic E-state index is -0.238. The van der Waals surface area contributed by atoms with Gasteiger partial charge in [-0.3, -0.25) is 9.36 Å². The van der Waals surface area contributed by atoms with Crippen molar-refractivity contribution in [3.63, 3.8) is 0 Å². The first-order chi connectivity index (χ1) is 18.5. The molecule has 4 rings (SSSR count). The second-order valence-electron chi connectivity index (χ2n) is 12.0. The van der Waals surface area contributed by atoms with Crippen LogP contribution in [0.15, 0.2) is 21.6 Å². The van der Waals surface area contributed by atoms with Gasteiger partial charge < -0.3 is 9.15 Å². The number of aryl methyl sites for hydroxylation is 1. The van der Waals surface area contributed by atoms with Crippen molar-refractivity contribution in [3.8, 4) is 0 Å². The van der Waals surface area contributed by atoms with Crippen LogP contribution in [0.3, 0.4) is 0 Å². The van der Waals surface area contributed by atoms with Gasteiger partial charge in [0.25, 0.3) is 5.56 Å². The number of fused-ring (bicyclic) bond motifs is 4. The van der Waals surface area contributed by atoms with E-state index < -0.39 is 0 Å². The van der Waals surface area contributed by atoms with Gasteiger partial charge in [-0.25, -0.2) is 9.97 Å². The molecule has 6 nitrogen and oxygen atoms in total. The Labute approximate surface area is 228 Å². The number of unbranched alkanes of at least 4 members (excludes halogenated alkanes) is 15. The molecule has 210 valence electrons. The van der Waals surface area contributed by atoms with E-state index in [4.69, 9.17) is 14.1 Å². The largest absolute Gasteiger partial charge is 0.430 e. The summed E-state index contributed by atoms with van der Waals surface area (Å²) in [5, 5.41) is 0.800. The summed E-state index contributed by atoms with van der Waals surface area (Å²) < 4.78 is 13.6. The lowest BCUT2D eigenvalue weighted by Gasteiger charge is -2.30. The van der Waals surface area contributed by atoms with Crippen molar-refractivity contribution >= 4 is 22.2 Å². The topological polar surface area (TPSA) is 70.2 Å². The van der Waals surface area contributed by atoms with Crippen molar-refractivity contribution in [2.24, 2.45) is 0 Å². The van der Waals surface area contributed by atoms with Gasteiger partial charge in [-0.1, -0.05) is 103 Å². The van der Waals surface area contributed by atoms with Crippen molar-refractivity contribution < 1.29 is 9.15 Å². The lowest BCUT2D eigenvalue weighted by molar-refractivity contribution is -0.0411. The molecule has 0 unspecified atom stereocenters. The van der Waals surface area contributed by atoms with E-state index in [-0.39, 0.29) is 11.2 Å². The number of hydrogen-bond acceptors (Lipinski definition) is 5. The number of ether oxygens (including phenoxy) is 1. The number of furan rings is 1.